The summed E-state index contributed by atoms with van der Waals surface area (Å²) in [4.78, 5) is 11.6. The van der Waals surface area contributed by atoms with Crippen molar-refractivity contribution in [1.82, 2.24) is 10.6 Å². The smallest absolute Gasteiger partial charge is 0.236 e. The molecule has 4 heteroatoms. The zero-order chi connectivity index (χ0) is 11.9. The van der Waals surface area contributed by atoms with Gasteiger partial charge in [0.2, 0.25) is 5.91 Å². The SMILES string of the molecule is CCCNC(=O)C(C)NC(C)(CC)CO. The molecule has 0 heterocycles. The molecule has 0 aromatic rings. The van der Waals surface area contributed by atoms with Gasteiger partial charge in [0, 0.05) is 12.1 Å². The van der Waals surface area contributed by atoms with Crippen LogP contribution in [0.3, 0.4) is 0 Å². The molecule has 90 valence electrons. The van der Waals surface area contributed by atoms with Gasteiger partial charge in [-0.05, 0) is 26.7 Å². The molecule has 0 spiro atoms. The van der Waals surface area contributed by atoms with Gasteiger partial charge in [0.15, 0.2) is 0 Å². The van der Waals surface area contributed by atoms with Crippen molar-refractivity contribution in [1.29, 1.82) is 0 Å². The van der Waals surface area contributed by atoms with Gasteiger partial charge in [0.1, 0.15) is 0 Å². The van der Waals surface area contributed by atoms with Gasteiger partial charge in [-0.25, -0.2) is 0 Å². The highest BCUT2D eigenvalue weighted by Crippen LogP contribution is 2.08. The van der Waals surface area contributed by atoms with Gasteiger partial charge in [-0.2, -0.15) is 0 Å². The van der Waals surface area contributed by atoms with Crippen molar-refractivity contribution in [2.75, 3.05) is 13.2 Å². The minimum Gasteiger partial charge on any atom is -0.394 e. The quantitative estimate of drug-likeness (QED) is 0.585. The van der Waals surface area contributed by atoms with Crippen LogP contribution >= 0.6 is 0 Å². The average molecular weight is 216 g/mol. The molecule has 0 saturated heterocycles. The summed E-state index contributed by atoms with van der Waals surface area (Å²) >= 11 is 0. The number of rotatable bonds is 7. The van der Waals surface area contributed by atoms with Crippen molar-refractivity contribution in [3.8, 4) is 0 Å². The molecule has 0 saturated carbocycles. The van der Waals surface area contributed by atoms with Crippen LogP contribution in [0.25, 0.3) is 0 Å². The Morgan fingerprint density at radius 1 is 1.47 bits per heavy atom. The molecule has 2 unspecified atom stereocenters. The summed E-state index contributed by atoms with van der Waals surface area (Å²) in [6.45, 7) is 8.47. The maximum absolute atomic E-state index is 11.6. The molecular formula is C11H24N2O2. The largest absolute Gasteiger partial charge is 0.394 e. The second-order valence-electron chi connectivity index (χ2n) is 4.23. The van der Waals surface area contributed by atoms with Crippen molar-refractivity contribution in [2.45, 2.75) is 52.1 Å². The number of hydrogen-bond acceptors (Lipinski definition) is 3. The van der Waals surface area contributed by atoms with Gasteiger partial charge >= 0.3 is 0 Å². The lowest BCUT2D eigenvalue weighted by atomic mass is 9.99. The van der Waals surface area contributed by atoms with E-state index < -0.39 is 0 Å². The molecule has 15 heavy (non-hydrogen) atoms. The van der Waals surface area contributed by atoms with Crippen LogP contribution in [-0.4, -0.2) is 35.7 Å². The Bertz CT molecular complexity index is 191. The van der Waals surface area contributed by atoms with E-state index >= 15 is 0 Å². The maximum atomic E-state index is 11.6. The van der Waals surface area contributed by atoms with Crippen molar-refractivity contribution >= 4 is 5.91 Å². The molecule has 0 aliphatic carbocycles. The molecule has 4 nitrogen and oxygen atoms in total. The number of aliphatic hydroxyl groups excluding tert-OH is 1. The Morgan fingerprint density at radius 2 is 2.07 bits per heavy atom. The van der Waals surface area contributed by atoms with Crippen LogP contribution in [0.15, 0.2) is 0 Å². The average Bonchev–Trinajstić information content (AvgIpc) is 2.25. The van der Waals surface area contributed by atoms with E-state index in [4.69, 9.17) is 0 Å². The lowest BCUT2D eigenvalue weighted by Crippen LogP contribution is -2.54. The normalized spacial score (nSPS) is 16.9. The van der Waals surface area contributed by atoms with E-state index in [9.17, 15) is 9.90 Å². The summed E-state index contributed by atoms with van der Waals surface area (Å²) in [7, 11) is 0. The van der Waals surface area contributed by atoms with Crippen molar-refractivity contribution in [3.05, 3.63) is 0 Å². The molecule has 0 radical (unpaired) electrons. The Morgan fingerprint density at radius 3 is 2.47 bits per heavy atom. The lowest BCUT2D eigenvalue weighted by Gasteiger charge is -2.30. The van der Waals surface area contributed by atoms with Crippen LogP contribution in [0.1, 0.15) is 40.5 Å². The Hall–Kier alpha value is -0.610. The highest BCUT2D eigenvalue weighted by Gasteiger charge is 2.25. The van der Waals surface area contributed by atoms with Crippen molar-refractivity contribution in [3.63, 3.8) is 0 Å². The van der Waals surface area contributed by atoms with E-state index in [1.807, 2.05) is 27.7 Å². The van der Waals surface area contributed by atoms with Gasteiger partial charge in [0.05, 0.1) is 12.6 Å². The van der Waals surface area contributed by atoms with Crippen molar-refractivity contribution < 1.29 is 9.90 Å². The standard InChI is InChI=1S/C11H24N2O2/c1-5-7-12-10(15)9(3)13-11(4,6-2)8-14/h9,13-14H,5-8H2,1-4H3,(H,12,15). The molecular weight excluding hydrogens is 192 g/mol. The molecule has 2 atom stereocenters. The Balaban J connectivity index is 4.10. The summed E-state index contributed by atoms with van der Waals surface area (Å²) < 4.78 is 0. The van der Waals surface area contributed by atoms with Gasteiger partial charge < -0.3 is 10.4 Å². The van der Waals surface area contributed by atoms with Gasteiger partial charge in [0.25, 0.3) is 0 Å². The van der Waals surface area contributed by atoms with Crippen LogP contribution in [-0.2, 0) is 4.79 Å². The van der Waals surface area contributed by atoms with E-state index in [0.717, 1.165) is 12.8 Å². The zero-order valence-corrected chi connectivity index (χ0v) is 10.3. The first-order valence-electron chi connectivity index (χ1n) is 5.65. The predicted octanol–water partition coefficient (Wildman–Crippen LogP) is 0.652. The van der Waals surface area contributed by atoms with E-state index in [0.29, 0.717) is 6.54 Å². The first kappa shape index (κ1) is 14.4. The number of amides is 1. The highest BCUT2D eigenvalue weighted by molar-refractivity contribution is 5.81. The van der Waals surface area contributed by atoms with Gasteiger partial charge in [-0.15, -0.1) is 0 Å². The molecule has 1 amide bonds. The number of hydrogen-bond donors (Lipinski definition) is 3. The third-order valence-corrected chi connectivity index (χ3v) is 2.64. The van der Waals surface area contributed by atoms with Crippen LogP contribution < -0.4 is 10.6 Å². The summed E-state index contributed by atoms with van der Waals surface area (Å²) in [5.74, 6) is -0.00928. The van der Waals surface area contributed by atoms with E-state index in [-0.39, 0.29) is 24.1 Å². The fourth-order valence-electron chi connectivity index (χ4n) is 1.25. The summed E-state index contributed by atoms with van der Waals surface area (Å²) in [5.41, 5.74) is -0.372. The summed E-state index contributed by atoms with van der Waals surface area (Å²) in [5, 5.41) is 15.2. The molecule has 0 aromatic heterocycles. The minimum absolute atomic E-state index is 0.00928. The Kier molecular flexibility index (Phi) is 6.52. The number of carbonyl (C=O) groups is 1. The maximum Gasteiger partial charge on any atom is 0.236 e. The number of aliphatic hydroxyl groups is 1. The first-order chi connectivity index (χ1) is 6.99. The summed E-state index contributed by atoms with van der Waals surface area (Å²) in [6.07, 6.45) is 1.72. The first-order valence-corrected chi connectivity index (χ1v) is 5.65. The molecule has 0 aliphatic rings. The molecule has 0 fully saturated rings. The molecule has 0 aliphatic heterocycles. The second-order valence-corrected chi connectivity index (χ2v) is 4.23. The zero-order valence-electron chi connectivity index (χ0n) is 10.3. The van der Waals surface area contributed by atoms with Crippen LogP contribution in [0.4, 0.5) is 0 Å². The third-order valence-electron chi connectivity index (χ3n) is 2.64. The highest BCUT2D eigenvalue weighted by atomic mass is 16.3. The van der Waals surface area contributed by atoms with E-state index in [1.54, 1.807) is 0 Å². The van der Waals surface area contributed by atoms with Gasteiger partial charge in [-0.1, -0.05) is 13.8 Å². The van der Waals surface area contributed by atoms with Crippen molar-refractivity contribution in [2.24, 2.45) is 0 Å². The molecule has 3 N–H and O–H groups in total. The molecule has 0 bridgehead atoms. The monoisotopic (exact) mass is 216 g/mol. The fourth-order valence-corrected chi connectivity index (χ4v) is 1.25. The van der Waals surface area contributed by atoms with Crippen LogP contribution in [0.2, 0.25) is 0 Å². The lowest BCUT2D eigenvalue weighted by molar-refractivity contribution is -0.123. The fraction of sp³-hybridized carbons (Fsp3) is 0.909. The van der Waals surface area contributed by atoms with E-state index in [2.05, 4.69) is 10.6 Å². The number of carbonyl (C=O) groups excluding carboxylic acids is 1. The number of nitrogens with one attached hydrogen (secondary N) is 2. The minimum atomic E-state index is -0.372. The van der Waals surface area contributed by atoms with Crippen LogP contribution in [0.5, 0.6) is 0 Å². The van der Waals surface area contributed by atoms with Crippen LogP contribution in [0, 0.1) is 0 Å². The summed E-state index contributed by atoms with van der Waals surface area (Å²) in [6, 6.07) is -0.270. The predicted molar refractivity (Wildman–Crippen MR) is 61.7 cm³/mol. The second kappa shape index (κ2) is 6.80. The third kappa shape index (κ3) is 5.14. The van der Waals surface area contributed by atoms with Gasteiger partial charge in [-0.3, -0.25) is 10.1 Å². The molecule has 0 rings (SSSR count). The van der Waals surface area contributed by atoms with E-state index in [1.165, 1.54) is 0 Å². The molecule has 0 aromatic carbocycles. The topological polar surface area (TPSA) is 61.4 Å². The Labute approximate surface area is 92.4 Å².